The third-order valence-corrected chi connectivity index (χ3v) is 4.84. The lowest BCUT2D eigenvalue weighted by molar-refractivity contribution is -0.122. The van der Waals surface area contributed by atoms with Gasteiger partial charge >= 0.3 is 0 Å². The van der Waals surface area contributed by atoms with Crippen LogP contribution in [0, 0.1) is 11.3 Å². The number of carbonyl (C=O) groups excluding carboxylic acids is 1. The summed E-state index contributed by atoms with van der Waals surface area (Å²) in [5.74, 6) is 0.520. The molecule has 2 heterocycles. The number of para-hydroxylation sites is 1. The number of tetrazole rings is 1. The van der Waals surface area contributed by atoms with E-state index in [-0.39, 0.29) is 18.5 Å². The zero-order valence-corrected chi connectivity index (χ0v) is 15.2. The van der Waals surface area contributed by atoms with Crippen molar-refractivity contribution < 1.29 is 4.79 Å². The SMILES string of the molecule is N#Cc1ccc(N2CCCC2C(=O)NCc2nnnn2-c2ccccc2)cc1. The number of hydrogen-bond acceptors (Lipinski definition) is 6. The number of benzene rings is 2. The molecule has 1 aliphatic heterocycles. The molecule has 0 aliphatic carbocycles. The van der Waals surface area contributed by atoms with E-state index in [0.29, 0.717) is 11.4 Å². The lowest BCUT2D eigenvalue weighted by Crippen LogP contribution is -2.43. The van der Waals surface area contributed by atoms with Crippen LogP contribution in [0.25, 0.3) is 5.69 Å². The minimum atomic E-state index is -0.242. The van der Waals surface area contributed by atoms with Crippen LogP contribution >= 0.6 is 0 Å². The van der Waals surface area contributed by atoms with Crippen molar-refractivity contribution in [2.45, 2.75) is 25.4 Å². The molecule has 140 valence electrons. The Morgan fingerprint density at radius 1 is 1.14 bits per heavy atom. The largest absolute Gasteiger partial charge is 0.360 e. The average Bonchev–Trinajstić information content (AvgIpc) is 3.42. The van der Waals surface area contributed by atoms with Crippen LogP contribution in [0.1, 0.15) is 24.2 Å². The Balaban J connectivity index is 1.44. The van der Waals surface area contributed by atoms with Crippen molar-refractivity contribution >= 4 is 11.6 Å². The van der Waals surface area contributed by atoms with Gasteiger partial charge in [-0.05, 0) is 59.7 Å². The third-order valence-electron chi connectivity index (χ3n) is 4.84. The molecule has 0 saturated carbocycles. The molecular formula is C20H19N7O. The number of rotatable bonds is 5. The highest BCUT2D eigenvalue weighted by Crippen LogP contribution is 2.26. The van der Waals surface area contributed by atoms with Crippen LogP contribution in [-0.2, 0) is 11.3 Å². The van der Waals surface area contributed by atoms with Gasteiger partial charge in [0, 0.05) is 12.2 Å². The van der Waals surface area contributed by atoms with Crippen LogP contribution in [0.4, 0.5) is 5.69 Å². The van der Waals surface area contributed by atoms with Gasteiger partial charge in [0.2, 0.25) is 5.91 Å². The molecule has 1 amide bonds. The van der Waals surface area contributed by atoms with Crippen molar-refractivity contribution in [1.82, 2.24) is 25.5 Å². The van der Waals surface area contributed by atoms with Gasteiger partial charge in [-0.3, -0.25) is 4.79 Å². The van der Waals surface area contributed by atoms with E-state index in [4.69, 9.17) is 5.26 Å². The van der Waals surface area contributed by atoms with Crippen molar-refractivity contribution in [3.05, 3.63) is 66.0 Å². The van der Waals surface area contributed by atoms with E-state index < -0.39 is 0 Å². The Morgan fingerprint density at radius 2 is 1.93 bits per heavy atom. The summed E-state index contributed by atoms with van der Waals surface area (Å²) in [6, 6.07) is 18.8. The minimum absolute atomic E-state index is 0.0514. The van der Waals surface area contributed by atoms with Crippen molar-refractivity contribution in [2.24, 2.45) is 0 Å². The first kappa shape index (κ1) is 17.7. The number of amides is 1. The number of aromatic nitrogens is 4. The van der Waals surface area contributed by atoms with Crippen molar-refractivity contribution in [1.29, 1.82) is 5.26 Å². The lowest BCUT2D eigenvalue weighted by Gasteiger charge is -2.26. The number of anilines is 1. The molecule has 8 heteroatoms. The van der Waals surface area contributed by atoms with Gasteiger partial charge in [0.15, 0.2) is 5.82 Å². The molecule has 0 bridgehead atoms. The Bertz CT molecular complexity index is 991. The quantitative estimate of drug-likeness (QED) is 0.732. The zero-order valence-electron chi connectivity index (χ0n) is 15.2. The molecule has 0 spiro atoms. The van der Waals surface area contributed by atoms with Crippen LogP contribution in [0.5, 0.6) is 0 Å². The van der Waals surface area contributed by atoms with Crippen LogP contribution in [0.3, 0.4) is 0 Å². The molecule has 1 N–H and O–H groups in total. The Hall–Kier alpha value is -3.73. The summed E-state index contributed by atoms with van der Waals surface area (Å²) in [6.45, 7) is 1.06. The Morgan fingerprint density at radius 3 is 2.68 bits per heavy atom. The van der Waals surface area contributed by atoms with E-state index in [2.05, 4.69) is 31.8 Å². The van der Waals surface area contributed by atoms with E-state index in [1.165, 1.54) is 0 Å². The molecule has 1 saturated heterocycles. The van der Waals surface area contributed by atoms with Gasteiger partial charge in [-0.15, -0.1) is 5.10 Å². The van der Waals surface area contributed by atoms with Gasteiger partial charge in [0.1, 0.15) is 6.04 Å². The minimum Gasteiger partial charge on any atom is -0.360 e. The average molecular weight is 373 g/mol. The van der Waals surface area contributed by atoms with Crippen molar-refractivity contribution in [3.63, 3.8) is 0 Å². The second kappa shape index (κ2) is 7.88. The second-order valence-electron chi connectivity index (χ2n) is 6.57. The fourth-order valence-electron chi connectivity index (χ4n) is 3.45. The Labute approximate surface area is 162 Å². The van der Waals surface area contributed by atoms with E-state index in [9.17, 15) is 4.79 Å². The first-order chi connectivity index (χ1) is 13.8. The van der Waals surface area contributed by atoms with Crippen molar-refractivity contribution in [2.75, 3.05) is 11.4 Å². The monoisotopic (exact) mass is 373 g/mol. The fourth-order valence-corrected chi connectivity index (χ4v) is 3.45. The molecule has 8 nitrogen and oxygen atoms in total. The third kappa shape index (κ3) is 3.55. The lowest BCUT2D eigenvalue weighted by atomic mass is 10.1. The number of nitriles is 1. The molecule has 0 radical (unpaired) electrons. The number of nitrogens with one attached hydrogen (secondary N) is 1. The van der Waals surface area contributed by atoms with Crippen molar-refractivity contribution in [3.8, 4) is 11.8 Å². The first-order valence-corrected chi connectivity index (χ1v) is 9.13. The summed E-state index contributed by atoms with van der Waals surface area (Å²) in [4.78, 5) is 14.9. The summed E-state index contributed by atoms with van der Waals surface area (Å²) in [7, 11) is 0. The van der Waals surface area contributed by atoms with Crippen LogP contribution in [0.2, 0.25) is 0 Å². The van der Waals surface area contributed by atoms with Gasteiger partial charge < -0.3 is 10.2 Å². The first-order valence-electron chi connectivity index (χ1n) is 9.13. The van der Waals surface area contributed by atoms with Gasteiger partial charge in [-0.2, -0.15) is 9.94 Å². The van der Waals surface area contributed by atoms with E-state index in [1.54, 1.807) is 16.8 Å². The highest BCUT2D eigenvalue weighted by Gasteiger charge is 2.31. The number of carbonyl (C=O) groups is 1. The Kier molecular flexibility index (Phi) is 4.97. The molecule has 1 atom stereocenters. The van der Waals surface area contributed by atoms with Gasteiger partial charge in [-0.25, -0.2) is 0 Å². The number of nitrogens with zero attached hydrogens (tertiary/aromatic N) is 6. The molecule has 3 aromatic rings. The van der Waals surface area contributed by atoms with Gasteiger partial charge in [0.05, 0.1) is 23.9 Å². The second-order valence-corrected chi connectivity index (χ2v) is 6.57. The summed E-state index contributed by atoms with van der Waals surface area (Å²) in [5, 5.41) is 23.7. The maximum Gasteiger partial charge on any atom is 0.243 e. The standard InChI is InChI=1S/C20H19N7O/c21-13-15-8-10-16(11-9-15)26-12-4-7-18(26)20(28)22-14-19-23-24-25-27(19)17-5-2-1-3-6-17/h1-3,5-6,8-11,18H,4,7,12,14H2,(H,22,28). The molecule has 4 rings (SSSR count). The topological polar surface area (TPSA) is 99.7 Å². The smallest absolute Gasteiger partial charge is 0.243 e. The summed E-state index contributed by atoms with van der Waals surface area (Å²) >= 11 is 0. The maximum absolute atomic E-state index is 12.8. The van der Waals surface area contributed by atoms with E-state index >= 15 is 0 Å². The zero-order chi connectivity index (χ0) is 19.3. The van der Waals surface area contributed by atoms with Gasteiger partial charge in [-0.1, -0.05) is 18.2 Å². The van der Waals surface area contributed by atoms with E-state index in [0.717, 1.165) is 30.8 Å². The molecular weight excluding hydrogens is 354 g/mol. The maximum atomic E-state index is 12.8. The summed E-state index contributed by atoms with van der Waals surface area (Å²) < 4.78 is 1.62. The molecule has 28 heavy (non-hydrogen) atoms. The highest BCUT2D eigenvalue weighted by atomic mass is 16.2. The molecule has 1 aliphatic rings. The van der Waals surface area contributed by atoms with Crippen LogP contribution in [-0.4, -0.2) is 38.7 Å². The molecule has 1 aromatic heterocycles. The number of hydrogen-bond donors (Lipinski definition) is 1. The predicted molar refractivity (Wildman–Crippen MR) is 103 cm³/mol. The predicted octanol–water partition coefficient (Wildman–Crippen LogP) is 1.82. The summed E-state index contributed by atoms with van der Waals surface area (Å²) in [6.07, 6.45) is 1.73. The normalized spacial score (nSPS) is 16.0. The van der Waals surface area contributed by atoms with Crippen LogP contribution in [0.15, 0.2) is 54.6 Å². The van der Waals surface area contributed by atoms with Gasteiger partial charge in [0.25, 0.3) is 0 Å². The molecule has 1 fully saturated rings. The van der Waals surface area contributed by atoms with E-state index in [1.807, 2.05) is 42.5 Å². The fraction of sp³-hybridized carbons (Fsp3) is 0.250. The van der Waals surface area contributed by atoms with Crippen LogP contribution < -0.4 is 10.2 Å². The molecule has 2 aromatic carbocycles. The highest BCUT2D eigenvalue weighted by molar-refractivity contribution is 5.85. The summed E-state index contributed by atoms with van der Waals surface area (Å²) in [5.41, 5.74) is 2.40. The molecule has 1 unspecified atom stereocenters.